The molecule has 1 fully saturated rings. The molecule has 0 amide bonds. The second-order valence-electron chi connectivity index (χ2n) is 7.50. The van der Waals surface area contributed by atoms with E-state index < -0.39 is 0 Å². The van der Waals surface area contributed by atoms with E-state index in [-0.39, 0.29) is 5.82 Å². The van der Waals surface area contributed by atoms with E-state index in [0.717, 1.165) is 19.6 Å². The fourth-order valence-electron chi connectivity index (χ4n) is 4.19. The number of piperidine rings is 1. The van der Waals surface area contributed by atoms with Crippen LogP contribution in [0.3, 0.4) is 0 Å². The molecule has 2 aromatic carbocycles. The lowest BCUT2D eigenvalue weighted by atomic mass is 9.79. The number of hydrogen-bond donors (Lipinski definition) is 1. The van der Waals surface area contributed by atoms with Crippen molar-refractivity contribution >= 4 is 0 Å². The van der Waals surface area contributed by atoms with E-state index >= 15 is 0 Å². The summed E-state index contributed by atoms with van der Waals surface area (Å²) in [6.07, 6.45) is 2.35. The molecule has 1 heterocycles. The third-order valence-electron chi connectivity index (χ3n) is 5.45. The lowest BCUT2D eigenvalue weighted by Crippen LogP contribution is -2.36. The maximum Gasteiger partial charge on any atom is 0.123 e. The Morgan fingerprint density at radius 2 is 1.64 bits per heavy atom. The quantitative estimate of drug-likeness (QED) is 0.874. The molecule has 2 nitrogen and oxygen atoms in total. The van der Waals surface area contributed by atoms with Crippen LogP contribution >= 0.6 is 0 Å². The van der Waals surface area contributed by atoms with Crippen LogP contribution in [0.25, 0.3) is 0 Å². The number of hydrogen-bond acceptors (Lipinski definition) is 2. The summed E-state index contributed by atoms with van der Waals surface area (Å²) in [5, 5.41) is 0. The van der Waals surface area contributed by atoms with Gasteiger partial charge in [-0.2, -0.15) is 0 Å². The van der Waals surface area contributed by atoms with Gasteiger partial charge in [-0.15, -0.1) is 0 Å². The first kappa shape index (κ1) is 18.1. The Hall–Kier alpha value is -1.71. The van der Waals surface area contributed by atoms with Crippen LogP contribution in [0, 0.1) is 25.6 Å². The molecule has 0 bridgehead atoms. The SMILES string of the molecule is Cc1cc(C)cc(C(CN)C2CCN(Cc3ccc(F)cc3)CC2)c1. The standard InChI is InChI=1S/C22H29FN2/c1-16-11-17(2)13-20(12-16)22(14-24)19-7-9-25(10-8-19)15-18-3-5-21(23)6-4-18/h3-6,11-13,19,22H,7-10,14-15,24H2,1-2H3. The molecular weight excluding hydrogens is 311 g/mol. The summed E-state index contributed by atoms with van der Waals surface area (Å²) in [4.78, 5) is 2.47. The highest BCUT2D eigenvalue weighted by atomic mass is 19.1. The predicted octanol–water partition coefficient (Wildman–Crippen LogP) is 4.40. The number of benzene rings is 2. The van der Waals surface area contributed by atoms with E-state index in [9.17, 15) is 4.39 Å². The second kappa shape index (κ2) is 8.11. The fraction of sp³-hybridized carbons (Fsp3) is 0.455. The van der Waals surface area contributed by atoms with Gasteiger partial charge in [-0.3, -0.25) is 4.90 Å². The maximum atomic E-state index is 13.0. The summed E-state index contributed by atoms with van der Waals surface area (Å²) in [5.41, 5.74) is 11.4. The predicted molar refractivity (Wildman–Crippen MR) is 102 cm³/mol. The molecule has 0 saturated carbocycles. The normalized spacial score (nSPS) is 17.6. The van der Waals surface area contributed by atoms with Crippen LogP contribution in [0.1, 0.15) is 41.0 Å². The van der Waals surface area contributed by atoms with Gasteiger partial charge in [0, 0.05) is 6.54 Å². The lowest BCUT2D eigenvalue weighted by Gasteiger charge is -2.36. The molecule has 0 aliphatic carbocycles. The van der Waals surface area contributed by atoms with Crippen LogP contribution in [-0.4, -0.2) is 24.5 Å². The molecule has 3 heteroatoms. The molecule has 2 N–H and O–H groups in total. The Balaban J connectivity index is 1.61. The zero-order valence-electron chi connectivity index (χ0n) is 15.3. The highest BCUT2D eigenvalue weighted by Crippen LogP contribution is 2.33. The number of halogens is 1. The monoisotopic (exact) mass is 340 g/mol. The smallest absolute Gasteiger partial charge is 0.123 e. The second-order valence-corrected chi connectivity index (χ2v) is 7.50. The lowest BCUT2D eigenvalue weighted by molar-refractivity contribution is 0.162. The summed E-state index contributed by atoms with van der Waals surface area (Å²) < 4.78 is 13.0. The Morgan fingerprint density at radius 1 is 1.04 bits per heavy atom. The van der Waals surface area contributed by atoms with Crippen molar-refractivity contribution in [1.82, 2.24) is 4.90 Å². The molecule has 134 valence electrons. The minimum atomic E-state index is -0.165. The van der Waals surface area contributed by atoms with E-state index in [2.05, 4.69) is 36.9 Å². The number of aryl methyl sites for hydroxylation is 2. The first-order chi connectivity index (χ1) is 12.0. The highest BCUT2D eigenvalue weighted by molar-refractivity contribution is 5.31. The molecule has 3 rings (SSSR count). The summed E-state index contributed by atoms with van der Waals surface area (Å²) in [7, 11) is 0. The van der Waals surface area contributed by atoms with Crippen molar-refractivity contribution in [2.24, 2.45) is 11.7 Å². The molecular formula is C22H29FN2. The van der Waals surface area contributed by atoms with Gasteiger partial charge >= 0.3 is 0 Å². The zero-order chi connectivity index (χ0) is 17.8. The molecule has 0 spiro atoms. The molecule has 0 aromatic heterocycles. The largest absolute Gasteiger partial charge is 0.330 e. The van der Waals surface area contributed by atoms with Crippen LogP contribution in [-0.2, 0) is 6.54 Å². The zero-order valence-corrected chi connectivity index (χ0v) is 15.3. The Morgan fingerprint density at radius 3 is 2.20 bits per heavy atom. The van der Waals surface area contributed by atoms with Crippen LogP contribution < -0.4 is 5.73 Å². The topological polar surface area (TPSA) is 29.3 Å². The van der Waals surface area contributed by atoms with Gasteiger partial charge in [-0.25, -0.2) is 4.39 Å². The van der Waals surface area contributed by atoms with Crippen molar-refractivity contribution in [3.05, 3.63) is 70.5 Å². The van der Waals surface area contributed by atoms with Gasteiger partial charge in [0.15, 0.2) is 0 Å². The van der Waals surface area contributed by atoms with Crippen molar-refractivity contribution in [1.29, 1.82) is 0 Å². The van der Waals surface area contributed by atoms with E-state index in [4.69, 9.17) is 5.73 Å². The molecule has 1 aliphatic heterocycles. The Bertz CT molecular complexity index is 667. The average Bonchev–Trinajstić information content (AvgIpc) is 2.58. The number of likely N-dealkylation sites (tertiary alicyclic amines) is 1. The number of nitrogens with zero attached hydrogens (tertiary/aromatic N) is 1. The minimum Gasteiger partial charge on any atom is -0.330 e. The van der Waals surface area contributed by atoms with Gasteiger partial charge in [0.05, 0.1) is 0 Å². The van der Waals surface area contributed by atoms with E-state index in [1.165, 1.54) is 35.1 Å². The molecule has 0 radical (unpaired) electrons. The van der Waals surface area contributed by atoms with E-state index in [1.807, 2.05) is 12.1 Å². The van der Waals surface area contributed by atoms with Gasteiger partial charge in [0.2, 0.25) is 0 Å². The number of rotatable bonds is 5. The van der Waals surface area contributed by atoms with Crippen molar-refractivity contribution in [2.75, 3.05) is 19.6 Å². The third-order valence-corrected chi connectivity index (χ3v) is 5.45. The minimum absolute atomic E-state index is 0.165. The first-order valence-corrected chi connectivity index (χ1v) is 9.30. The maximum absolute atomic E-state index is 13.0. The molecule has 2 aromatic rings. The van der Waals surface area contributed by atoms with Crippen molar-refractivity contribution in [3.63, 3.8) is 0 Å². The molecule has 1 atom stereocenters. The Kier molecular flexibility index (Phi) is 5.87. The van der Waals surface area contributed by atoms with Crippen LogP contribution in [0.2, 0.25) is 0 Å². The van der Waals surface area contributed by atoms with Crippen LogP contribution in [0.15, 0.2) is 42.5 Å². The van der Waals surface area contributed by atoms with Gasteiger partial charge in [0.1, 0.15) is 5.82 Å². The van der Waals surface area contributed by atoms with Gasteiger partial charge in [-0.05, 0) is 81.4 Å². The summed E-state index contributed by atoms with van der Waals surface area (Å²) in [6, 6.07) is 13.7. The van der Waals surface area contributed by atoms with Gasteiger partial charge in [-0.1, -0.05) is 41.5 Å². The van der Waals surface area contributed by atoms with E-state index in [1.54, 1.807) is 12.1 Å². The van der Waals surface area contributed by atoms with Crippen LogP contribution in [0.5, 0.6) is 0 Å². The van der Waals surface area contributed by atoms with Crippen molar-refractivity contribution in [3.8, 4) is 0 Å². The molecule has 25 heavy (non-hydrogen) atoms. The van der Waals surface area contributed by atoms with Gasteiger partial charge in [0.25, 0.3) is 0 Å². The average molecular weight is 340 g/mol. The van der Waals surface area contributed by atoms with Crippen molar-refractivity contribution < 1.29 is 4.39 Å². The van der Waals surface area contributed by atoms with Crippen LogP contribution in [0.4, 0.5) is 4.39 Å². The Labute approximate surface area is 150 Å². The fourth-order valence-corrected chi connectivity index (χ4v) is 4.19. The summed E-state index contributed by atoms with van der Waals surface area (Å²) in [6.45, 7) is 8.12. The summed E-state index contributed by atoms with van der Waals surface area (Å²) >= 11 is 0. The number of nitrogens with two attached hydrogens (primary N) is 1. The third kappa shape index (κ3) is 4.68. The first-order valence-electron chi connectivity index (χ1n) is 9.30. The highest BCUT2D eigenvalue weighted by Gasteiger charge is 2.27. The van der Waals surface area contributed by atoms with E-state index in [0.29, 0.717) is 18.4 Å². The van der Waals surface area contributed by atoms with Gasteiger partial charge < -0.3 is 5.73 Å². The molecule has 1 aliphatic rings. The molecule has 1 unspecified atom stereocenters. The molecule has 1 saturated heterocycles. The van der Waals surface area contributed by atoms with Crippen molar-refractivity contribution in [2.45, 2.75) is 39.2 Å². The summed E-state index contributed by atoms with van der Waals surface area (Å²) in [5.74, 6) is 0.934.